The lowest BCUT2D eigenvalue weighted by atomic mass is 10.3. The number of ether oxygens (including phenoxy) is 1. The zero-order valence-corrected chi connectivity index (χ0v) is 12.5. The van der Waals surface area contributed by atoms with Crippen molar-refractivity contribution < 1.29 is 9.53 Å². The number of hydrogen-bond donors (Lipinski definition) is 0. The van der Waals surface area contributed by atoms with Gasteiger partial charge in [-0.2, -0.15) is 5.26 Å². The lowest BCUT2D eigenvalue weighted by Gasteiger charge is -2.16. The van der Waals surface area contributed by atoms with Gasteiger partial charge in [0.25, 0.3) is 5.88 Å². The van der Waals surface area contributed by atoms with E-state index in [9.17, 15) is 4.79 Å². The molecule has 0 saturated carbocycles. The van der Waals surface area contributed by atoms with Crippen molar-refractivity contribution in [1.29, 1.82) is 5.26 Å². The molecule has 106 valence electrons. The number of carbonyl (C=O) groups excluding carboxylic acids is 1. The number of alkyl halides is 1. The van der Waals surface area contributed by atoms with Gasteiger partial charge >= 0.3 is 0 Å². The Labute approximate surface area is 125 Å². The van der Waals surface area contributed by atoms with Crippen molar-refractivity contribution in [2.45, 2.75) is 25.4 Å². The normalized spacial score (nSPS) is 17.8. The number of hydrogen-bond acceptors (Lipinski definition) is 5. The van der Waals surface area contributed by atoms with E-state index >= 15 is 0 Å². The van der Waals surface area contributed by atoms with E-state index in [0.717, 1.165) is 18.2 Å². The first-order valence-electron chi connectivity index (χ1n) is 6.46. The molecule has 1 aromatic heterocycles. The second-order valence-electron chi connectivity index (χ2n) is 4.48. The number of carbonyl (C=O) groups is 1. The van der Waals surface area contributed by atoms with Gasteiger partial charge in [-0.1, -0.05) is 15.9 Å². The minimum absolute atomic E-state index is 0.119. The molecule has 0 bridgehead atoms. The van der Waals surface area contributed by atoms with Crippen LogP contribution in [0.2, 0.25) is 0 Å². The molecule has 0 N–H and O–H groups in total. The van der Waals surface area contributed by atoms with Gasteiger partial charge in [-0.05, 0) is 6.42 Å². The van der Waals surface area contributed by atoms with Gasteiger partial charge in [-0.3, -0.25) is 4.79 Å². The van der Waals surface area contributed by atoms with Crippen molar-refractivity contribution in [3.8, 4) is 11.9 Å². The number of halogens is 1. The molecule has 1 saturated heterocycles. The molecular weight excluding hydrogens is 324 g/mol. The van der Waals surface area contributed by atoms with E-state index in [1.54, 1.807) is 4.90 Å². The Morgan fingerprint density at radius 2 is 2.35 bits per heavy atom. The molecule has 0 radical (unpaired) electrons. The van der Waals surface area contributed by atoms with E-state index in [1.165, 1.54) is 12.4 Å². The highest BCUT2D eigenvalue weighted by molar-refractivity contribution is 9.09. The Bertz CT molecular complexity index is 517. The second kappa shape index (κ2) is 7.20. The summed E-state index contributed by atoms with van der Waals surface area (Å²) in [4.78, 5) is 21.6. The van der Waals surface area contributed by atoms with Gasteiger partial charge in [0.2, 0.25) is 11.6 Å². The highest BCUT2D eigenvalue weighted by Crippen LogP contribution is 2.19. The van der Waals surface area contributed by atoms with Gasteiger partial charge < -0.3 is 9.64 Å². The average Bonchev–Trinajstić information content (AvgIpc) is 2.94. The zero-order valence-electron chi connectivity index (χ0n) is 11.0. The number of amides is 1. The number of rotatable bonds is 5. The molecule has 1 aromatic rings. The van der Waals surface area contributed by atoms with Crippen molar-refractivity contribution in [3.05, 3.63) is 18.1 Å². The molecule has 1 unspecified atom stereocenters. The molecule has 1 atom stereocenters. The van der Waals surface area contributed by atoms with Crippen LogP contribution in [0.25, 0.3) is 0 Å². The fraction of sp³-hybridized carbons (Fsp3) is 0.538. The summed E-state index contributed by atoms with van der Waals surface area (Å²) in [7, 11) is 0. The maximum Gasteiger partial charge on any atom is 0.251 e. The first kappa shape index (κ1) is 14.7. The van der Waals surface area contributed by atoms with E-state index in [-0.39, 0.29) is 23.6 Å². The molecule has 2 heterocycles. The van der Waals surface area contributed by atoms with Crippen LogP contribution in [-0.4, -0.2) is 45.3 Å². The zero-order chi connectivity index (χ0) is 14.4. The minimum atomic E-state index is -0.119. The fourth-order valence-electron chi connectivity index (χ4n) is 2.07. The van der Waals surface area contributed by atoms with Gasteiger partial charge in [0, 0.05) is 37.1 Å². The van der Waals surface area contributed by atoms with Crippen molar-refractivity contribution in [2.75, 3.05) is 18.4 Å². The van der Waals surface area contributed by atoms with Gasteiger partial charge in [0.15, 0.2) is 0 Å². The Morgan fingerprint density at radius 1 is 1.55 bits per heavy atom. The summed E-state index contributed by atoms with van der Waals surface area (Å²) in [6.07, 6.45) is 4.96. The van der Waals surface area contributed by atoms with Crippen LogP contribution in [0.1, 0.15) is 25.0 Å². The van der Waals surface area contributed by atoms with Crippen molar-refractivity contribution in [1.82, 2.24) is 14.9 Å². The highest BCUT2D eigenvalue weighted by Gasteiger charge is 2.28. The maximum absolute atomic E-state index is 11.9. The van der Waals surface area contributed by atoms with Crippen LogP contribution in [0.4, 0.5) is 0 Å². The lowest BCUT2D eigenvalue weighted by Crippen LogP contribution is -2.31. The molecule has 0 aliphatic carbocycles. The molecule has 2 rings (SSSR count). The second-order valence-corrected chi connectivity index (χ2v) is 5.28. The van der Waals surface area contributed by atoms with Gasteiger partial charge in [0.05, 0.1) is 6.54 Å². The fourth-order valence-corrected chi connectivity index (χ4v) is 2.35. The van der Waals surface area contributed by atoms with Crippen molar-refractivity contribution in [3.63, 3.8) is 0 Å². The number of nitrogens with zero attached hydrogens (tertiary/aromatic N) is 4. The van der Waals surface area contributed by atoms with E-state index in [1.807, 2.05) is 6.07 Å². The molecule has 0 aromatic carbocycles. The Morgan fingerprint density at radius 3 is 3.10 bits per heavy atom. The summed E-state index contributed by atoms with van der Waals surface area (Å²) in [5.74, 6) is 0.393. The third kappa shape index (κ3) is 3.67. The molecule has 1 amide bonds. The molecule has 1 aliphatic heterocycles. The molecule has 7 heteroatoms. The number of aromatic nitrogens is 2. The van der Waals surface area contributed by atoms with E-state index < -0.39 is 0 Å². The third-order valence-electron chi connectivity index (χ3n) is 3.07. The summed E-state index contributed by atoms with van der Waals surface area (Å²) in [6, 6.07) is 1.95. The smallest absolute Gasteiger partial charge is 0.251 e. The molecule has 0 spiro atoms. The largest absolute Gasteiger partial charge is 0.470 e. The van der Waals surface area contributed by atoms with Crippen LogP contribution < -0.4 is 4.74 Å². The predicted octanol–water partition coefficient (Wildman–Crippen LogP) is 1.50. The monoisotopic (exact) mass is 338 g/mol. The van der Waals surface area contributed by atoms with Crippen LogP contribution in [0.15, 0.2) is 12.4 Å². The van der Waals surface area contributed by atoms with Gasteiger partial charge in [-0.15, -0.1) is 0 Å². The van der Waals surface area contributed by atoms with Crippen molar-refractivity contribution in [2.24, 2.45) is 0 Å². The quantitative estimate of drug-likeness (QED) is 0.760. The number of likely N-dealkylation sites (tertiary alicyclic amines) is 1. The Balaban J connectivity index is 1.90. The minimum Gasteiger partial charge on any atom is -0.470 e. The van der Waals surface area contributed by atoms with E-state index in [2.05, 4.69) is 25.9 Å². The maximum atomic E-state index is 11.9. The molecular formula is C13H15BrN4O2. The van der Waals surface area contributed by atoms with Gasteiger partial charge in [-0.25, -0.2) is 9.97 Å². The Hall–Kier alpha value is -1.68. The summed E-state index contributed by atoms with van der Waals surface area (Å²) in [5, 5.41) is 9.76. The van der Waals surface area contributed by atoms with Crippen LogP contribution in [0.3, 0.4) is 0 Å². The standard InChI is InChI=1S/C13H15BrN4O2/c14-4-1-2-12(19)18-7-3-10(9-18)20-13-11(8-15)16-5-6-17-13/h5-6,10H,1-4,7,9H2. The Kier molecular flexibility index (Phi) is 5.30. The lowest BCUT2D eigenvalue weighted by molar-refractivity contribution is -0.130. The first-order valence-corrected chi connectivity index (χ1v) is 7.58. The van der Waals surface area contributed by atoms with Crippen LogP contribution in [-0.2, 0) is 4.79 Å². The van der Waals surface area contributed by atoms with Crippen molar-refractivity contribution >= 4 is 21.8 Å². The molecule has 20 heavy (non-hydrogen) atoms. The first-order chi connectivity index (χ1) is 9.74. The predicted molar refractivity (Wildman–Crippen MR) is 75.4 cm³/mol. The molecule has 1 fully saturated rings. The summed E-state index contributed by atoms with van der Waals surface area (Å²) < 4.78 is 5.68. The van der Waals surface area contributed by atoms with Crippen LogP contribution >= 0.6 is 15.9 Å². The SMILES string of the molecule is N#Cc1nccnc1OC1CCN(C(=O)CCCBr)C1. The van der Waals surface area contributed by atoms with E-state index in [4.69, 9.17) is 10.00 Å². The number of nitriles is 1. The van der Waals surface area contributed by atoms with Crippen LogP contribution in [0, 0.1) is 11.3 Å². The summed E-state index contributed by atoms with van der Waals surface area (Å²) in [6.45, 7) is 1.23. The molecule has 1 aliphatic rings. The molecule has 6 nitrogen and oxygen atoms in total. The van der Waals surface area contributed by atoms with Crippen LogP contribution in [0.5, 0.6) is 5.88 Å². The highest BCUT2D eigenvalue weighted by atomic mass is 79.9. The van der Waals surface area contributed by atoms with Gasteiger partial charge in [0.1, 0.15) is 12.2 Å². The topological polar surface area (TPSA) is 79.1 Å². The third-order valence-corrected chi connectivity index (χ3v) is 3.63. The van der Waals surface area contributed by atoms with E-state index in [0.29, 0.717) is 19.5 Å². The summed E-state index contributed by atoms with van der Waals surface area (Å²) >= 11 is 3.32. The average molecular weight is 339 g/mol. The summed E-state index contributed by atoms with van der Waals surface area (Å²) in [5.41, 5.74) is 0.177.